The van der Waals surface area contributed by atoms with Crippen LogP contribution < -0.4 is 0 Å². The number of fused-ring (bicyclic) bond motifs is 3. The van der Waals surface area contributed by atoms with Crippen LogP contribution in [0.2, 0.25) is 0 Å². The number of alkyl halides is 9. The van der Waals surface area contributed by atoms with Gasteiger partial charge in [-0.1, -0.05) is 115 Å². The monoisotopic (exact) mass is 830 g/mol. The Labute approximate surface area is 341 Å². The van der Waals surface area contributed by atoms with Gasteiger partial charge in [-0.15, -0.1) is 0 Å². The van der Waals surface area contributed by atoms with Gasteiger partial charge in [0.05, 0.1) is 33.4 Å². The first-order valence-corrected chi connectivity index (χ1v) is 18.6. The summed E-state index contributed by atoms with van der Waals surface area (Å²) >= 11 is 0. The van der Waals surface area contributed by atoms with Crippen LogP contribution >= 0.6 is 0 Å². The van der Waals surface area contributed by atoms with Gasteiger partial charge in [-0.05, 0) is 65.2 Å². The highest BCUT2D eigenvalue weighted by atomic mass is 19.4. The smallest absolute Gasteiger partial charge is 0.309 e. The minimum Gasteiger partial charge on any atom is -0.309 e. The van der Waals surface area contributed by atoms with Crippen molar-refractivity contribution in [3.63, 3.8) is 0 Å². The zero-order valence-corrected chi connectivity index (χ0v) is 31.3. The van der Waals surface area contributed by atoms with Gasteiger partial charge in [-0.3, -0.25) is 0 Å². The molecule has 0 aliphatic carbocycles. The van der Waals surface area contributed by atoms with E-state index in [1.165, 1.54) is 24.3 Å². The summed E-state index contributed by atoms with van der Waals surface area (Å²) in [5.41, 5.74) is 0.164. The topological polar surface area (TPSA) is 43.6 Å². The summed E-state index contributed by atoms with van der Waals surface area (Å²) in [6.07, 6.45) is -14.7. The molecule has 0 amide bonds. The SMILES string of the molecule is FC(F)(F)c1ccc(-c2ccc(-c3nc(-c4ccccc4)nc(-c4ccccc4)n3)cc2-n2c3ccccc3c3ccc(-c4cc(C(F)(F)F)cc(C(F)(F)F)c4)cc32)cc1. The number of rotatable bonds is 6. The molecule has 9 rings (SSSR count). The Bertz CT molecular complexity index is 2990. The quantitative estimate of drug-likeness (QED) is 0.157. The van der Waals surface area contributed by atoms with Crippen molar-refractivity contribution in [1.82, 2.24) is 19.5 Å². The number of benzene rings is 7. The Hall–Kier alpha value is -7.28. The number of aromatic nitrogens is 4. The van der Waals surface area contributed by atoms with Crippen molar-refractivity contribution in [3.8, 4) is 62.1 Å². The lowest BCUT2D eigenvalue weighted by molar-refractivity contribution is -0.143. The van der Waals surface area contributed by atoms with E-state index in [1.54, 1.807) is 47.0 Å². The number of hydrogen-bond acceptors (Lipinski definition) is 3. The van der Waals surface area contributed by atoms with Crippen LogP contribution in [0.1, 0.15) is 16.7 Å². The van der Waals surface area contributed by atoms with Crippen molar-refractivity contribution >= 4 is 21.8 Å². The van der Waals surface area contributed by atoms with Gasteiger partial charge in [0, 0.05) is 33.0 Å². The van der Waals surface area contributed by atoms with Crippen LogP contribution in [0.5, 0.6) is 0 Å². The first-order valence-electron chi connectivity index (χ1n) is 18.6. The summed E-state index contributed by atoms with van der Waals surface area (Å²) in [7, 11) is 0. The van der Waals surface area contributed by atoms with Crippen molar-refractivity contribution in [3.05, 3.63) is 180 Å². The third-order valence-electron chi connectivity index (χ3n) is 10.3. The second-order valence-electron chi connectivity index (χ2n) is 14.2. The molecule has 4 nitrogen and oxygen atoms in total. The molecule has 0 N–H and O–H groups in total. The van der Waals surface area contributed by atoms with E-state index in [2.05, 4.69) is 0 Å². The maximum atomic E-state index is 14.0. The predicted octanol–water partition coefficient (Wildman–Crippen LogP) is 14.4. The Morgan fingerprint density at radius 1 is 0.328 bits per heavy atom. The zero-order valence-electron chi connectivity index (χ0n) is 31.3. The largest absolute Gasteiger partial charge is 0.416 e. The average molecular weight is 831 g/mol. The molecule has 0 fully saturated rings. The normalized spacial score (nSPS) is 12.3. The van der Waals surface area contributed by atoms with Crippen molar-refractivity contribution in [2.24, 2.45) is 0 Å². The van der Waals surface area contributed by atoms with Gasteiger partial charge < -0.3 is 4.57 Å². The molecule has 0 unspecified atom stereocenters. The molecule has 0 saturated heterocycles. The first-order chi connectivity index (χ1) is 29.1. The molecular formula is C48H27F9N4. The molecule has 13 heteroatoms. The Kier molecular flexibility index (Phi) is 9.49. The molecule has 0 aliphatic rings. The van der Waals surface area contributed by atoms with Gasteiger partial charge >= 0.3 is 18.5 Å². The standard InChI is InChI=1S/C48H27F9N4/c49-46(50,51)34-19-15-28(16-20-34)37-21-18-32(45-59-43(29-9-3-1-4-10-29)58-44(60-45)30-11-5-2-6-12-30)26-41(37)61-40-14-8-7-13-38(40)39-22-17-31(25-42(39)61)33-23-35(47(52,53)54)27-36(24-33)48(55,56)57/h1-27H. The van der Waals surface area contributed by atoms with Gasteiger partial charge in [0.15, 0.2) is 17.5 Å². The maximum absolute atomic E-state index is 14.0. The van der Waals surface area contributed by atoms with Gasteiger partial charge in [0.25, 0.3) is 0 Å². The molecule has 0 spiro atoms. The summed E-state index contributed by atoms with van der Waals surface area (Å²) in [4.78, 5) is 14.5. The lowest BCUT2D eigenvalue weighted by Gasteiger charge is -2.17. The molecule has 302 valence electrons. The number of nitrogens with zero attached hydrogens (tertiary/aromatic N) is 4. The van der Waals surface area contributed by atoms with Gasteiger partial charge in [0.2, 0.25) is 0 Å². The second kappa shape index (κ2) is 14.8. The molecule has 0 aliphatic heterocycles. The van der Waals surface area contributed by atoms with Crippen LogP contribution in [0.3, 0.4) is 0 Å². The average Bonchev–Trinajstić information content (AvgIpc) is 3.59. The van der Waals surface area contributed by atoms with Crippen molar-refractivity contribution in [2.75, 3.05) is 0 Å². The predicted molar refractivity (Wildman–Crippen MR) is 216 cm³/mol. The van der Waals surface area contributed by atoms with Crippen molar-refractivity contribution < 1.29 is 39.5 Å². The molecule has 7 aromatic carbocycles. The summed E-state index contributed by atoms with van der Waals surface area (Å²) < 4.78 is 127. The first kappa shape index (κ1) is 39.2. The van der Waals surface area contributed by atoms with Gasteiger partial charge in [0.1, 0.15) is 0 Å². The summed E-state index contributed by atoms with van der Waals surface area (Å²) in [5, 5.41) is 1.31. The summed E-state index contributed by atoms with van der Waals surface area (Å²) in [6, 6.07) is 41.5. The van der Waals surface area contributed by atoms with E-state index >= 15 is 0 Å². The van der Waals surface area contributed by atoms with E-state index < -0.39 is 35.2 Å². The lowest BCUT2D eigenvalue weighted by atomic mass is 9.97. The summed E-state index contributed by atoms with van der Waals surface area (Å²) in [6.45, 7) is 0. The number of halogens is 9. The third kappa shape index (κ3) is 7.58. The highest BCUT2D eigenvalue weighted by Crippen LogP contribution is 2.43. The number of para-hydroxylation sites is 1. The third-order valence-corrected chi connectivity index (χ3v) is 10.3. The van der Waals surface area contributed by atoms with Crippen molar-refractivity contribution in [2.45, 2.75) is 18.5 Å². The zero-order chi connectivity index (χ0) is 42.7. The molecule has 0 radical (unpaired) electrons. The van der Waals surface area contributed by atoms with Gasteiger partial charge in [-0.2, -0.15) is 39.5 Å². The minimum atomic E-state index is -5.07. The molecule has 61 heavy (non-hydrogen) atoms. The van der Waals surface area contributed by atoms with E-state index in [-0.39, 0.29) is 23.0 Å². The minimum absolute atomic E-state index is 0.0675. The van der Waals surface area contributed by atoms with E-state index in [4.69, 9.17) is 15.0 Å². The van der Waals surface area contributed by atoms with Crippen LogP contribution in [0.4, 0.5) is 39.5 Å². The fourth-order valence-electron chi connectivity index (χ4n) is 7.41. The molecule has 0 saturated carbocycles. The Balaban J connectivity index is 1.32. The van der Waals surface area contributed by atoms with E-state index in [0.29, 0.717) is 79.1 Å². The van der Waals surface area contributed by atoms with Crippen LogP contribution in [0.15, 0.2) is 164 Å². The molecule has 0 atom stereocenters. The Morgan fingerprint density at radius 2 is 0.803 bits per heavy atom. The van der Waals surface area contributed by atoms with Gasteiger partial charge in [-0.25, -0.2) is 15.0 Å². The fourth-order valence-corrected chi connectivity index (χ4v) is 7.41. The van der Waals surface area contributed by atoms with E-state index in [0.717, 1.165) is 12.1 Å². The van der Waals surface area contributed by atoms with Crippen LogP contribution in [0, 0.1) is 0 Å². The van der Waals surface area contributed by atoms with Crippen LogP contribution in [0.25, 0.3) is 83.9 Å². The molecular weight excluding hydrogens is 804 g/mol. The summed E-state index contributed by atoms with van der Waals surface area (Å²) in [5.74, 6) is 1.01. The fraction of sp³-hybridized carbons (Fsp3) is 0.0625. The van der Waals surface area contributed by atoms with Crippen LogP contribution in [-0.2, 0) is 18.5 Å². The Morgan fingerprint density at radius 3 is 1.36 bits per heavy atom. The molecule has 9 aromatic rings. The second-order valence-corrected chi connectivity index (χ2v) is 14.2. The maximum Gasteiger partial charge on any atom is 0.416 e. The van der Waals surface area contributed by atoms with Crippen LogP contribution in [-0.4, -0.2) is 19.5 Å². The van der Waals surface area contributed by atoms with Crippen molar-refractivity contribution in [1.29, 1.82) is 0 Å². The molecule has 0 bridgehead atoms. The van der Waals surface area contributed by atoms with E-state index in [9.17, 15) is 39.5 Å². The molecule has 2 heterocycles. The highest BCUT2D eigenvalue weighted by Gasteiger charge is 2.37. The number of hydrogen-bond donors (Lipinski definition) is 0. The lowest BCUT2D eigenvalue weighted by Crippen LogP contribution is -2.11. The highest BCUT2D eigenvalue weighted by molar-refractivity contribution is 6.11. The van der Waals surface area contributed by atoms with E-state index in [1.807, 2.05) is 66.7 Å². The molecule has 2 aromatic heterocycles.